The Balaban J connectivity index is 2.68. The molecule has 0 unspecified atom stereocenters. The van der Waals surface area contributed by atoms with E-state index in [1.54, 1.807) is 0 Å². The molecule has 0 amide bonds. The summed E-state index contributed by atoms with van der Waals surface area (Å²) in [5.74, 6) is 0.475. The number of aryl methyl sites for hydroxylation is 1. The molecule has 0 saturated carbocycles. The minimum absolute atomic E-state index is 0.475. The fourth-order valence-electron chi connectivity index (χ4n) is 1.99. The summed E-state index contributed by atoms with van der Waals surface area (Å²) in [6.45, 7) is 6.56. The lowest BCUT2D eigenvalue weighted by Crippen LogP contribution is -1.97. The topological polar surface area (TPSA) is 12.9 Å². The monoisotopic (exact) mass is 291 g/mol. The molecule has 0 radical (unpaired) electrons. The Labute approximate surface area is 111 Å². The minimum atomic E-state index is 0.475. The Kier molecular flexibility index (Phi) is 3.82. The van der Waals surface area contributed by atoms with Crippen molar-refractivity contribution >= 4 is 26.8 Å². The first-order valence-corrected chi connectivity index (χ1v) is 7.26. The molecule has 0 N–H and O–H groups in total. The number of hydrogen-bond donors (Lipinski definition) is 0. The number of nitrogens with zero attached hydrogens (tertiary/aromatic N) is 1. The second-order valence-electron chi connectivity index (χ2n) is 4.70. The van der Waals surface area contributed by atoms with Crippen LogP contribution in [-0.4, -0.2) is 4.98 Å². The van der Waals surface area contributed by atoms with Gasteiger partial charge in [0.2, 0.25) is 0 Å². The van der Waals surface area contributed by atoms with Gasteiger partial charge >= 0.3 is 0 Å². The quantitative estimate of drug-likeness (QED) is 0.739. The lowest BCUT2D eigenvalue weighted by Gasteiger charge is -2.11. The lowest BCUT2D eigenvalue weighted by molar-refractivity contribution is 0.828. The normalized spacial score (nSPS) is 11.4. The molecule has 0 bridgehead atoms. The van der Waals surface area contributed by atoms with Crippen LogP contribution in [0, 0.1) is 0 Å². The Morgan fingerprint density at radius 2 is 2.00 bits per heavy atom. The molecule has 2 aromatic rings. The van der Waals surface area contributed by atoms with Crippen molar-refractivity contribution in [1.29, 1.82) is 0 Å². The number of aromatic nitrogens is 1. The van der Waals surface area contributed by atoms with Gasteiger partial charge in [-0.25, -0.2) is 0 Å². The number of benzene rings is 1. The molecule has 1 aromatic carbocycles. The highest BCUT2D eigenvalue weighted by Gasteiger charge is 2.08. The van der Waals surface area contributed by atoms with Gasteiger partial charge in [-0.15, -0.1) is 0 Å². The molecule has 1 nitrogen and oxygen atoms in total. The molecule has 2 rings (SSSR count). The smallest absolute Gasteiger partial charge is 0.0708 e. The maximum Gasteiger partial charge on any atom is 0.0708 e. The number of alkyl halides is 1. The Morgan fingerprint density at radius 3 is 2.59 bits per heavy atom. The molecule has 2 heteroatoms. The Morgan fingerprint density at radius 1 is 1.24 bits per heavy atom. The molecule has 0 atom stereocenters. The molecule has 0 aliphatic carbocycles. The maximum absolute atomic E-state index is 4.74. The van der Waals surface area contributed by atoms with Gasteiger partial charge in [0, 0.05) is 16.4 Å². The third-order valence-electron chi connectivity index (χ3n) is 3.12. The number of rotatable bonds is 3. The van der Waals surface area contributed by atoms with Crippen molar-refractivity contribution in [1.82, 2.24) is 4.98 Å². The highest BCUT2D eigenvalue weighted by molar-refractivity contribution is 9.08. The van der Waals surface area contributed by atoms with E-state index in [1.165, 1.54) is 22.2 Å². The summed E-state index contributed by atoms with van der Waals surface area (Å²) in [5, 5.41) is 2.17. The summed E-state index contributed by atoms with van der Waals surface area (Å²) >= 11 is 3.58. The van der Waals surface area contributed by atoms with Crippen LogP contribution in [0.1, 0.15) is 43.5 Å². The zero-order valence-corrected chi connectivity index (χ0v) is 12.2. The predicted molar refractivity (Wildman–Crippen MR) is 77.8 cm³/mol. The first kappa shape index (κ1) is 12.6. The van der Waals surface area contributed by atoms with Gasteiger partial charge in [-0.2, -0.15) is 0 Å². The van der Waals surface area contributed by atoms with Crippen LogP contribution >= 0.6 is 15.9 Å². The van der Waals surface area contributed by atoms with Crippen LogP contribution in [0.15, 0.2) is 24.3 Å². The Hall–Kier alpha value is -0.890. The molecule has 1 heterocycles. The first-order valence-electron chi connectivity index (χ1n) is 6.14. The van der Waals surface area contributed by atoms with E-state index < -0.39 is 0 Å². The zero-order chi connectivity index (χ0) is 12.4. The average Bonchev–Trinajstić information content (AvgIpc) is 2.36. The van der Waals surface area contributed by atoms with Crippen LogP contribution < -0.4 is 0 Å². The van der Waals surface area contributed by atoms with Crippen molar-refractivity contribution in [2.24, 2.45) is 0 Å². The van der Waals surface area contributed by atoms with Gasteiger partial charge in [0.25, 0.3) is 0 Å². The SMILES string of the molecule is CCc1ccc2nc(C(C)C)cc(CBr)c2c1. The van der Waals surface area contributed by atoms with Crippen molar-refractivity contribution in [2.75, 3.05) is 0 Å². The highest BCUT2D eigenvalue weighted by Crippen LogP contribution is 2.25. The highest BCUT2D eigenvalue weighted by atomic mass is 79.9. The van der Waals surface area contributed by atoms with Gasteiger partial charge in [-0.05, 0) is 41.7 Å². The number of halogens is 1. The van der Waals surface area contributed by atoms with Crippen molar-refractivity contribution in [3.8, 4) is 0 Å². The summed E-state index contributed by atoms with van der Waals surface area (Å²) in [5.41, 5.74) is 5.01. The molecule has 1 aromatic heterocycles. The van der Waals surface area contributed by atoms with Gasteiger partial charge in [0.15, 0.2) is 0 Å². The molecule has 90 valence electrons. The summed E-state index contributed by atoms with van der Waals surface area (Å²) in [7, 11) is 0. The van der Waals surface area contributed by atoms with E-state index >= 15 is 0 Å². The minimum Gasteiger partial charge on any atom is -0.253 e. The van der Waals surface area contributed by atoms with Crippen molar-refractivity contribution in [3.63, 3.8) is 0 Å². The fraction of sp³-hybridized carbons (Fsp3) is 0.400. The molecule has 0 aliphatic heterocycles. The third-order valence-corrected chi connectivity index (χ3v) is 3.73. The number of fused-ring (bicyclic) bond motifs is 1. The van der Waals surface area contributed by atoms with E-state index in [4.69, 9.17) is 4.98 Å². The standard InChI is InChI=1S/C15H18BrN/c1-4-11-5-6-14-13(7-11)12(9-16)8-15(17-14)10(2)3/h5-8,10H,4,9H2,1-3H3. The molecule has 17 heavy (non-hydrogen) atoms. The molecule has 0 saturated heterocycles. The Bertz CT molecular complexity index is 532. The van der Waals surface area contributed by atoms with Crippen LogP contribution in [0.5, 0.6) is 0 Å². The van der Waals surface area contributed by atoms with Crippen molar-refractivity contribution in [2.45, 2.75) is 38.4 Å². The summed E-state index contributed by atoms with van der Waals surface area (Å²) in [6.07, 6.45) is 1.07. The second kappa shape index (κ2) is 5.18. The van der Waals surface area contributed by atoms with Gasteiger partial charge in [-0.3, -0.25) is 4.98 Å². The molecule has 0 fully saturated rings. The van der Waals surface area contributed by atoms with Crippen LogP contribution in [0.2, 0.25) is 0 Å². The third kappa shape index (κ3) is 2.52. The largest absolute Gasteiger partial charge is 0.253 e. The molecular weight excluding hydrogens is 274 g/mol. The second-order valence-corrected chi connectivity index (χ2v) is 5.26. The van der Waals surface area contributed by atoms with Gasteiger partial charge in [0.1, 0.15) is 0 Å². The van der Waals surface area contributed by atoms with Gasteiger partial charge < -0.3 is 0 Å². The van der Waals surface area contributed by atoms with Crippen LogP contribution in [0.4, 0.5) is 0 Å². The van der Waals surface area contributed by atoms with Gasteiger partial charge in [-0.1, -0.05) is 42.8 Å². The molecule has 0 aliphatic rings. The van der Waals surface area contributed by atoms with E-state index in [0.29, 0.717) is 5.92 Å². The van der Waals surface area contributed by atoms with Crippen LogP contribution in [0.3, 0.4) is 0 Å². The van der Waals surface area contributed by atoms with Gasteiger partial charge in [0.05, 0.1) is 5.52 Å². The molecule has 0 spiro atoms. The van der Waals surface area contributed by atoms with E-state index in [2.05, 4.69) is 61.0 Å². The number of pyridine rings is 1. The summed E-state index contributed by atoms with van der Waals surface area (Å²) in [4.78, 5) is 4.74. The van der Waals surface area contributed by atoms with Crippen molar-refractivity contribution in [3.05, 3.63) is 41.1 Å². The fourth-order valence-corrected chi connectivity index (χ4v) is 2.46. The first-order chi connectivity index (χ1) is 8.15. The predicted octanol–water partition coefficient (Wildman–Crippen LogP) is 4.82. The van der Waals surface area contributed by atoms with E-state index in [-0.39, 0.29) is 0 Å². The van der Waals surface area contributed by atoms with Crippen molar-refractivity contribution < 1.29 is 0 Å². The lowest BCUT2D eigenvalue weighted by atomic mass is 10.0. The van der Waals surface area contributed by atoms with Crippen LogP contribution in [-0.2, 0) is 11.8 Å². The number of hydrogen-bond acceptors (Lipinski definition) is 1. The van der Waals surface area contributed by atoms with E-state index in [9.17, 15) is 0 Å². The van der Waals surface area contributed by atoms with E-state index in [1.807, 2.05) is 0 Å². The summed E-state index contributed by atoms with van der Waals surface area (Å²) in [6, 6.07) is 8.81. The molecular formula is C15H18BrN. The van der Waals surface area contributed by atoms with Crippen LogP contribution in [0.25, 0.3) is 10.9 Å². The average molecular weight is 292 g/mol. The maximum atomic E-state index is 4.74. The van der Waals surface area contributed by atoms with E-state index in [0.717, 1.165) is 17.3 Å². The zero-order valence-electron chi connectivity index (χ0n) is 10.6. The summed E-state index contributed by atoms with van der Waals surface area (Å²) < 4.78 is 0.